The summed E-state index contributed by atoms with van der Waals surface area (Å²) >= 11 is 0. The third kappa shape index (κ3) is 4.01. The zero-order valence-electron chi connectivity index (χ0n) is 24.6. The van der Waals surface area contributed by atoms with E-state index in [-0.39, 0.29) is 19.8 Å². The fourth-order valence-corrected chi connectivity index (χ4v) is 7.06. The Morgan fingerprint density at radius 2 is 1.46 bits per heavy atom. The van der Waals surface area contributed by atoms with E-state index in [0.717, 1.165) is 40.0 Å². The molecule has 0 saturated carbocycles. The average Bonchev–Trinajstić information content (AvgIpc) is 3.41. The van der Waals surface area contributed by atoms with E-state index in [0.29, 0.717) is 0 Å². The maximum Gasteiger partial charge on any atom is 0.409 e. The number of nitrogens with one attached hydrogen (secondary N) is 1. The molecule has 0 amide bonds. The van der Waals surface area contributed by atoms with Crippen LogP contribution in [-0.4, -0.2) is 33.1 Å². The molecule has 0 bridgehead atoms. The molecular weight excluding hydrogens is 511 g/mol. The topological polar surface area (TPSA) is 67.9 Å². The van der Waals surface area contributed by atoms with Gasteiger partial charge in [0.25, 0.3) is 0 Å². The van der Waals surface area contributed by atoms with Gasteiger partial charge in [-0.15, -0.1) is 0 Å². The molecule has 1 heterocycles. The van der Waals surface area contributed by atoms with Gasteiger partial charge >= 0.3 is 18.9 Å². The van der Waals surface area contributed by atoms with Crippen LogP contribution in [0.5, 0.6) is 0 Å². The quantitative estimate of drug-likeness (QED) is 0.207. The van der Waals surface area contributed by atoms with Crippen molar-refractivity contribution in [1.82, 2.24) is 0 Å². The van der Waals surface area contributed by atoms with Crippen molar-refractivity contribution >= 4 is 46.5 Å². The molecule has 208 valence electrons. The van der Waals surface area contributed by atoms with Crippen molar-refractivity contribution in [2.75, 3.05) is 24.3 Å². The van der Waals surface area contributed by atoms with Gasteiger partial charge in [-0.3, -0.25) is 9.59 Å². The fraction of sp³-hybridized carbons (Fsp3) is 0.294. The van der Waals surface area contributed by atoms with Gasteiger partial charge in [-0.25, -0.2) is 0 Å². The van der Waals surface area contributed by atoms with Crippen molar-refractivity contribution in [3.8, 4) is 0 Å². The summed E-state index contributed by atoms with van der Waals surface area (Å²) in [5.41, 5.74) is 10.0. The predicted molar refractivity (Wildman–Crippen MR) is 165 cm³/mol. The van der Waals surface area contributed by atoms with Crippen molar-refractivity contribution in [3.63, 3.8) is 0 Å². The summed E-state index contributed by atoms with van der Waals surface area (Å²) in [7, 11) is 2.67. The molecule has 7 heteroatoms. The zero-order chi connectivity index (χ0) is 29.1. The number of aryl methyl sites for hydroxylation is 1. The Bertz CT molecular complexity index is 1710. The number of anilines is 2. The summed E-state index contributed by atoms with van der Waals surface area (Å²) in [5, 5.41) is 6.30. The molecule has 0 aromatic heterocycles. The van der Waals surface area contributed by atoms with Crippen molar-refractivity contribution in [1.29, 1.82) is 0 Å². The van der Waals surface area contributed by atoms with Crippen LogP contribution in [0.3, 0.4) is 0 Å². The molecule has 4 aromatic carbocycles. The molecule has 2 aliphatic rings. The second-order valence-corrected chi connectivity index (χ2v) is 11.4. The highest BCUT2D eigenvalue weighted by molar-refractivity contribution is 6.81. The van der Waals surface area contributed by atoms with Crippen molar-refractivity contribution < 1.29 is 19.1 Å². The molecule has 0 radical (unpaired) electrons. The Hall–Kier alpha value is -4.26. The van der Waals surface area contributed by atoms with Gasteiger partial charge < -0.3 is 19.5 Å². The SMILES string of the molecule is COC(=O)C1(C(=O)OC)Cc2c(C)c(C)c(B3Nc4cccc5cccc(c45)N3Cc3ccccc3C)c(C)c2C1. The zero-order valence-corrected chi connectivity index (χ0v) is 24.6. The van der Waals surface area contributed by atoms with E-state index in [1.165, 1.54) is 47.3 Å². The number of ether oxygens (including phenoxy) is 2. The van der Waals surface area contributed by atoms with Crippen LogP contribution in [0.1, 0.15) is 38.9 Å². The summed E-state index contributed by atoms with van der Waals surface area (Å²) in [6, 6.07) is 21.4. The normalized spacial score (nSPS) is 15.0. The van der Waals surface area contributed by atoms with E-state index in [4.69, 9.17) is 9.47 Å². The molecule has 1 N–H and O–H groups in total. The first-order valence-electron chi connectivity index (χ1n) is 14.1. The van der Waals surface area contributed by atoms with Crippen LogP contribution < -0.4 is 15.5 Å². The lowest BCUT2D eigenvalue weighted by molar-refractivity contribution is -0.168. The van der Waals surface area contributed by atoms with E-state index in [9.17, 15) is 9.59 Å². The Morgan fingerprint density at radius 1 is 0.829 bits per heavy atom. The number of methoxy groups -OCH3 is 2. The second kappa shape index (κ2) is 9.98. The van der Waals surface area contributed by atoms with Crippen LogP contribution in [0.2, 0.25) is 0 Å². The highest BCUT2D eigenvalue weighted by Gasteiger charge is 2.54. The molecule has 41 heavy (non-hydrogen) atoms. The van der Waals surface area contributed by atoms with Crippen molar-refractivity contribution in [3.05, 3.63) is 99.6 Å². The molecule has 1 aliphatic heterocycles. The number of fused-ring (bicyclic) bond motifs is 1. The van der Waals surface area contributed by atoms with Gasteiger partial charge in [-0.1, -0.05) is 48.5 Å². The van der Waals surface area contributed by atoms with Gasteiger partial charge in [-0.2, -0.15) is 0 Å². The van der Waals surface area contributed by atoms with Crippen LogP contribution in [0.15, 0.2) is 60.7 Å². The van der Waals surface area contributed by atoms with Crippen LogP contribution in [0, 0.1) is 33.1 Å². The number of benzene rings is 4. The minimum atomic E-state index is -1.37. The highest BCUT2D eigenvalue weighted by atomic mass is 16.5. The van der Waals surface area contributed by atoms with Crippen molar-refractivity contribution in [2.24, 2.45) is 5.41 Å². The molecule has 0 fully saturated rings. The highest BCUT2D eigenvalue weighted by Crippen LogP contribution is 2.44. The van der Waals surface area contributed by atoms with Crippen LogP contribution in [0.4, 0.5) is 11.4 Å². The van der Waals surface area contributed by atoms with Gasteiger partial charge in [0.1, 0.15) is 0 Å². The second-order valence-electron chi connectivity index (χ2n) is 11.4. The van der Waals surface area contributed by atoms with Gasteiger partial charge in [-0.05, 0) is 89.6 Å². The molecule has 1 aliphatic carbocycles. The Labute approximate surface area is 241 Å². The molecule has 4 aromatic rings. The van der Waals surface area contributed by atoms with E-state index in [1.807, 2.05) is 0 Å². The van der Waals surface area contributed by atoms with Crippen LogP contribution in [-0.2, 0) is 38.4 Å². The first-order chi connectivity index (χ1) is 19.7. The molecule has 0 atom stereocenters. The number of hydrogen-bond acceptors (Lipinski definition) is 6. The van der Waals surface area contributed by atoms with E-state index in [1.54, 1.807) is 0 Å². The Kier molecular flexibility index (Phi) is 6.56. The van der Waals surface area contributed by atoms with Crippen LogP contribution in [0.25, 0.3) is 10.8 Å². The molecule has 0 saturated heterocycles. The first-order valence-corrected chi connectivity index (χ1v) is 14.1. The minimum Gasteiger partial charge on any atom is -0.468 e. The molecule has 6 nitrogen and oxygen atoms in total. The number of carbonyl (C=O) groups is 2. The summed E-state index contributed by atoms with van der Waals surface area (Å²) in [6.45, 7) is 9.10. The van der Waals surface area contributed by atoms with E-state index >= 15 is 0 Å². The summed E-state index contributed by atoms with van der Waals surface area (Å²) < 4.78 is 10.3. The summed E-state index contributed by atoms with van der Waals surface area (Å²) in [4.78, 5) is 28.6. The lowest BCUT2D eigenvalue weighted by Crippen LogP contribution is -2.58. The first kappa shape index (κ1) is 26.9. The Morgan fingerprint density at radius 3 is 2.12 bits per heavy atom. The van der Waals surface area contributed by atoms with E-state index < -0.39 is 17.4 Å². The maximum atomic E-state index is 13.1. The van der Waals surface area contributed by atoms with Gasteiger partial charge in [0.05, 0.1) is 14.2 Å². The van der Waals surface area contributed by atoms with Gasteiger partial charge in [0, 0.05) is 36.1 Å². The van der Waals surface area contributed by atoms with Gasteiger partial charge in [0.2, 0.25) is 0 Å². The van der Waals surface area contributed by atoms with E-state index in [2.05, 4.69) is 98.4 Å². The summed E-state index contributed by atoms with van der Waals surface area (Å²) in [5.74, 6) is -1.09. The number of rotatable bonds is 5. The number of hydrogen-bond donors (Lipinski definition) is 1. The number of nitrogens with zero attached hydrogens (tertiary/aromatic N) is 1. The van der Waals surface area contributed by atoms with Gasteiger partial charge in [0.15, 0.2) is 5.41 Å². The lowest BCUT2D eigenvalue weighted by Gasteiger charge is -2.39. The van der Waals surface area contributed by atoms with Crippen molar-refractivity contribution in [2.45, 2.75) is 47.1 Å². The average molecular weight is 546 g/mol. The van der Waals surface area contributed by atoms with Crippen LogP contribution >= 0.6 is 0 Å². The summed E-state index contributed by atoms with van der Waals surface area (Å²) in [6.07, 6.45) is 0.543. The standard InChI is InChI=1S/C34H35BN2O4/c1-20-11-7-8-12-25(20)19-37-29-16-10-14-24-13-9-15-28(30(24)29)36-35(37)31-22(3)21(2)26-17-34(32(38)40-5,33(39)41-6)18-27(26)23(31)4/h7-16,36H,17-19H2,1-6H3. The molecule has 6 rings (SSSR count). The third-order valence-electron chi connectivity index (χ3n) is 9.42. The maximum absolute atomic E-state index is 13.1. The lowest BCUT2D eigenvalue weighted by atomic mass is 9.59. The Balaban J connectivity index is 1.55. The smallest absolute Gasteiger partial charge is 0.409 e. The third-order valence-corrected chi connectivity index (χ3v) is 9.42. The predicted octanol–water partition coefficient (Wildman–Crippen LogP) is 5.33. The fourth-order valence-electron chi connectivity index (χ4n) is 7.06. The minimum absolute atomic E-state index is 0.162. The monoisotopic (exact) mass is 546 g/mol. The molecular formula is C34H35BN2O4. The number of carbonyl (C=O) groups excluding carboxylic acids is 2. The largest absolute Gasteiger partial charge is 0.468 e. The molecule has 0 spiro atoms. The number of esters is 2. The molecule has 0 unspecified atom stereocenters.